The lowest BCUT2D eigenvalue weighted by atomic mass is 10.0. The number of hydrogen-bond acceptors (Lipinski definition) is 7. The van der Waals surface area contributed by atoms with Crippen molar-refractivity contribution in [1.82, 2.24) is 25.5 Å². The Balaban J connectivity index is 1.37. The summed E-state index contributed by atoms with van der Waals surface area (Å²) in [5, 5.41) is 24.9. The number of aliphatic carboxylic acids is 1. The van der Waals surface area contributed by atoms with Gasteiger partial charge < -0.3 is 16.2 Å². The van der Waals surface area contributed by atoms with Gasteiger partial charge in [0.25, 0.3) is 0 Å². The third-order valence-corrected chi connectivity index (χ3v) is 6.48. The molecule has 0 saturated heterocycles. The van der Waals surface area contributed by atoms with Crippen molar-refractivity contribution in [2.75, 3.05) is 0 Å². The van der Waals surface area contributed by atoms with Gasteiger partial charge in [-0.1, -0.05) is 84.6 Å². The highest BCUT2D eigenvalue weighted by Gasteiger charge is 2.24. The molecule has 4 aromatic rings. The summed E-state index contributed by atoms with van der Waals surface area (Å²) < 4.78 is 1.67. The third kappa shape index (κ3) is 6.77. The van der Waals surface area contributed by atoms with Crippen LogP contribution in [-0.4, -0.2) is 49.3 Å². The first-order chi connectivity index (χ1) is 17.5. The van der Waals surface area contributed by atoms with Crippen LogP contribution in [0.2, 0.25) is 0 Å². The van der Waals surface area contributed by atoms with Gasteiger partial charge in [-0.05, 0) is 45.7 Å². The zero-order valence-corrected chi connectivity index (χ0v) is 20.2. The van der Waals surface area contributed by atoms with Gasteiger partial charge in [0, 0.05) is 12.2 Å². The number of para-hydroxylation sites is 1. The topological polar surface area (TPSA) is 136 Å². The number of aromatic nitrogens is 4. The van der Waals surface area contributed by atoms with Crippen LogP contribution in [-0.2, 0) is 28.2 Å². The van der Waals surface area contributed by atoms with Crippen molar-refractivity contribution in [3.05, 3.63) is 102 Å². The van der Waals surface area contributed by atoms with Crippen molar-refractivity contribution in [3.63, 3.8) is 0 Å². The summed E-state index contributed by atoms with van der Waals surface area (Å²) in [5.74, 6) is -1.02. The van der Waals surface area contributed by atoms with E-state index >= 15 is 0 Å². The molecular weight excluding hydrogens is 476 g/mol. The van der Waals surface area contributed by atoms with Gasteiger partial charge in [-0.15, -0.1) is 5.10 Å². The maximum absolute atomic E-state index is 12.6. The summed E-state index contributed by atoms with van der Waals surface area (Å²) in [6, 6.07) is 24.6. The number of hydrogen-bond donors (Lipinski definition) is 3. The third-order valence-electron chi connectivity index (χ3n) is 5.49. The van der Waals surface area contributed by atoms with E-state index in [1.165, 1.54) is 11.8 Å². The molecule has 10 heteroatoms. The normalized spacial score (nSPS) is 12.6. The van der Waals surface area contributed by atoms with Gasteiger partial charge in [0.15, 0.2) is 0 Å². The van der Waals surface area contributed by atoms with E-state index in [0.29, 0.717) is 17.3 Å². The summed E-state index contributed by atoms with van der Waals surface area (Å²) in [7, 11) is 0. The number of amides is 1. The van der Waals surface area contributed by atoms with E-state index in [0.717, 1.165) is 22.4 Å². The number of carboxylic acids is 1. The molecule has 2 atom stereocenters. The average Bonchev–Trinajstić information content (AvgIpc) is 3.37. The predicted octanol–water partition coefficient (Wildman–Crippen LogP) is 2.64. The first-order valence-electron chi connectivity index (χ1n) is 11.4. The Hall–Kier alpha value is -4.02. The Labute approximate surface area is 212 Å². The molecule has 36 heavy (non-hydrogen) atoms. The number of benzene rings is 3. The highest BCUT2D eigenvalue weighted by Crippen LogP contribution is 2.23. The minimum Gasteiger partial charge on any atom is -0.480 e. The fourth-order valence-electron chi connectivity index (χ4n) is 3.67. The van der Waals surface area contributed by atoms with E-state index in [2.05, 4.69) is 20.8 Å². The number of tetrazole rings is 1. The zero-order chi connectivity index (χ0) is 25.3. The van der Waals surface area contributed by atoms with Crippen LogP contribution in [0.5, 0.6) is 0 Å². The van der Waals surface area contributed by atoms with Gasteiger partial charge >= 0.3 is 5.97 Å². The van der Waals surface area contributed by atoms with Gasteiger partial charge in [0.05, 0.1) is 11.7 Å². The molecule has 9 nitrogen and oxygen atoms in total. The quantitative estimate of drug-likeness (QED) is 0.266. The number of nitrogens with two attached hydrogens (primary N) is 1. The molecule has 184 valence electrons. The summed E-state index contributed by atoms with van der Waals surface area (Å²) in [4.78, 5) is 24.5. The lowest BCUT2D eigenvalue weighted by Gasteiger charge is -2.18. The van der Waals surface area contributed by atoms with Crippen LogP contribution >= 0.6 is 11.8 Å². The van der Waals surface area contributed by atoms with Crippen LogP contribution < -0.4 is 11.1 Å². The summed E-state index contributed by atoms with van der Waals surface area (Å²) in [5.41, 5.74) is 9.58. The van der Waals surface area contributed by atoms with Gasteiger partial charge in [-0.3, -0.25) is 4.79 Å². The molecule has 1 heterocycles. The van der Waals surface area contributed by atoms with Crippen LogP contribution in [0, 0.1) is 0 Å². The van der Waals surface area contributed by atoms with Gasteiger partial charge in [-0.2, -0.15) is 4.68 Å². The highest BCUT2D eigenvalue weighted by atomic mass is 32.2. The molecule has 3 aromatic carbocycles. The lowest BCUT2D eigenvalue weighted by molar-refractivity contribution is -0.141. The minimum atomic E-state index is -1.11. The van der Waals surface area contributed by atoms with E-state index in [9.17, 15) is 14.7 Å². The maximum Gasteiger partial charge on any atom is 0.326 e. The second kappa shape index (κ2) is 12.1. The van der Waals surface area contributed by atoms with Crippen molar-refractivity contribution < 1.29 is 14.7 Å². The Bertz CT molecular complexity index is 1300. The molecule has 4 N–H and O–H groups in total. The lowest BCUT2D eigenvalue weighted by Crippen LogP contribution is -2.50. The van der Waals surface area contributed by atoms with Crippen molar-refractivity contribution >= 4 is 23.6 Å². The zero-order valence-electron chi connectivity index (χ0n) is 19.4. The molecule has 0 aliphatic heterocycles. The molecular formula is C26H26N6O3S. The second-order valence-corrected chi connectivity index (χ2v) is 9.16. The maximum atomic E-state index is 12.6. The number of nitrogens with one attached hydrogen (secondary N) is 1. The van der Waals surface area contributed by atoms with Crippen LogP contribution in [0.4, 0.5) is 0 Å². The molecule has 1 unspecified atom stereocenters. The molecule has 0 aliphatic rings. The molecule has 0 radical (unpaired) electrons. The van der Waals surface area contributed by atoms with Gasteiger partial charge in [0.2, 0.25) is 11.1 Å². The molecule has 1 aromatic heterocycles. The fourth-order valence-corrected chi connectivity index (χ4v) is 4.50. The van der Waals surface area contributed by atoms with Crippen LogP contribution in [0.1, 0.15) is 16.7 Å². The first kappa shape index (κ1) is 25.1. The first-order valence-corrected chi connectivity index (χ1v) is 12.4. The van der Waals surface area contributed by atoms with Gasteiger partial charge in [-0.25, -0.2) is 4.79 Å². The minimum absolute atomic E-state index is 0.138. The largest absolute Gasteiger partial charge is 0.480 e. The van der Waals surface area contributed by atoms with Crippen molar-refractivity contribution in [2.45, 2.75) is 35.8 Å². The smallest absolute Gasteiger partial charge is 0.326 e. The number of thioether (sulfide) groups is 1. The summed E-state index contributed by atoms with van der Waals surface area (Å²) in [6.45, 7) is 0. The van der Waals surface area contributed by atoms with E-state index in [1.54, 1.807) is 4.68 Å². The monoisotopic (exact) mass is 502 g/mol. The predicted molar refractivity (Wildman–Crippen MR) is 137 cm³/mol. The van der Waals surface area contributed by atoms with Crippen molar-refractivity contribution in [2.24, 2.45) is 5.73 Å². The van der Waals surface area contributed by atoms with E-state index < -0.39 is 24.0 Å². The molecule has 0 fully saturated rings. The molecule has 0 bridgehead atoms. The van der Waals surface area contributed by atoms with E-state index in [-0.39, 0.29) is 6.42 Å². The SMILES string of the molecule is N[C@@H](Cc1ccccc1)C(=O)NC(Cc1cccc(CSc2nnnn2-c2ccccc2)c1)C(=O)O. The number of carboxylic acid groups (broad SMARTS) is 1. The van der Waals surface area contributed by atoms with E-state index in [4.69, 9.17) is 5.73 Å². The van der Waals surface area contributed by atoms with Crippen LogP contribution in [0.3, 0.4) is 0 Å². The molecule has 0 spiro atoms. The van der Waals surface area contributed by atoms with Crippen molar-refractivity contribution in [1.29, 1.82) is 0 Å². The number of nitrogens with zero attached hydrogens (tertiary/aromatic N) is 4. The molecule has 0 aliphatic carbocycles. The second-order valence-electron chi connectivity index (χ2n) is 8.22. The van der Waals surface area contributed by atoms with E-state index in [1.807, 2.05) is 84.9 Å². The Morgan fingerprint density at radius 2 is 1.58 bits per heavy atom. The summed E-state index contributed by atoms with van der Waals surface area (Å²) >= 11 is 1.48. The summed E-state index contributed by atoms with van der Waals surface area (Å²) in [6.07, 6.45) is 0.466. The Kier molecular flexibility index (Phi) is 8.43. The number of carbonyl (C=O) groups excluding carboxylic acids is 1. The molecule has 1 amide bonds. The Morgan fingerprint density at radius 3 is 2.31 bits per heavy atom. The highest BCUT2D eigenvalue weighted by molar-refractivity contribution is 7.98. The van der Waals surface area contributed by atoms with Crippen molar-refractivity contribution in [3.8, 4) is 5.69 Å². The van der Waals surface area contributed by atoms with Crippen LogP contribution in [0.15, 0.2) is 90.1 Å². The standard InChI is InChI=1S/C26H26N6O3S/c27-22(15-18-8-3-1-4-9-18)24(33)28-23(25(34)35)16-19-10-7-11-20(14-19)17-36-26-29-30-31-32(26)21-12-5-2-6-13-21/h1-14,22-23H,15-17,27H2,(H,28,33)(H,34,35)/t22-,23?/m0/s1. The average molecular weight is 503 g/mol. The Morgan fingerprint density at radius 1 is 0.917 bits per heavy atom. The molecule has 0 saturated carbocycles. The molecule has 4 rings (SSSR count). The number of carbonyl (C=O) groups is 2. The number of rotatable bonds is 11. The fraction of sp³-hybridized carbons (Fsp3) is 0.192. The van der Waals surface area contributed by atoms with Gasteiger partial charge in [0.1, 0.15) is 6.04 Å². The van der Waals surface area contributed by atoms with Crippen LogP contribution in [0.25, 0.3) is 5.69 Å².